The number of nitrogens with zero attached hydrogens (tertiary/aromatic N) is 7. The Kier molecular flexibility index (Phi) is 4.10. The Hall–Kier alpha value is -3.61. The van der Waals surface area contributed by atoms with Crippen molar-refractivity contribution < 1.29 is 0 Å². The molecular weight excluding hydrogens is 326 g/mol. The van der Waals surface area contributed by atoms with Gasteiger partial charge in [0.05, 0.1) is 35.2 Å². The Labute approximate surface area is 151 Å². The highest BCUT2D eigenvalue weighted by molar-refractivity contribution is 6.16. The molecule has 0 unspecified atom stereocenters. The van der Waals surface area contributed by atoms with E-state index in [4.69, 9.17) is 4.98 Å². The van der Waals surface area contributed by atoms with Crippen molar-refractivity contribution in [2.45, 2.75) is 0 Å². The van der Waals surface area contributed by atoms with Crippen LogP contribution in [0.25, 0.3) is 22.8 Å². The van der Waals surface area contributed by atoms with Crippen LogP contribution in [0.15, 0.2) is 64.8 Å². The molecule has 26 heavy (non-hydrogen) atoms. The lowest BCUT2D eigenvalue weighted by molar-refractivity contribution is 0.980. The number of aromatic nitrogens is 3. The molecule has 4 heterocycles. The summed E-state index contributed by atoms with van der Waals surface area (Å²) in [7, 11) is 3.68. The number of rotatable bonds is 0. The van der Waals surface area contributed by atoms with Crippen molar-refractivity contribution in [3.05, 3.63) is 54.6 Å². The van der Waals surface area contributed by atoms with Crippen molar-refractivity contribution in [1.82, 2.24) is 15.0 Å². The molecular formula is C19H17N7. The van der Waals surface area contributed by atoms with Crippen LogP contribution in [-0.2, 0) is 0 Å². The summed E-state index contributed by atoms with van der Waals surface area (Å²) in [6.07, 6.45) is 3.24. The normalized spacial score (nSPS) is 15.8. The van der Waals surface area contributed by atoms with E-state index in [1.807, 2.05) is 68.7 Å². The third-order valence-electron chi connectivity index (χ3n) is 3.95. The fraction of sp³-hybridized carbons (Fsp3) is 0.105. The predicted octanol–water partition coefficient (Wildman–Crippen LogP) is 3.06. The SMILES string of the molecule is CN1/N=C\C=N\N(C)c2cccc(n2)-c2cccc(n2)-c2cccc1n2. The molecule has 4 rings (SSSR count). The highest BCUT2D eigenvalue weighted by Gasteiger charge is 2.09. The highest BCUT2D eigenvalue weighted by atomic mass is 15.5. The molecule has 0 fully saturated rings. The minimum Gasteiger partial charge on any atom is -0.251 e. The zero-order valence-electron chi connectivity index (χ0n) is 14.5. The van der Waals surface area contributed by atoms with Gasteiger partial charge >= 0.3 is 0 Å². The number of hydrogen-bond donors (Lipinski definition) is 0. The summed E-state index contributed by atoms with van der Waals surface area (Å²) in [5.74, 6) is 1.45. The van der Waals surface area contributed by atoms with Crippen LogP contribution in [0.1, 0.15) is 0 Å². The van der Waals surface area contributed by atoms with Crippen molar-refractivity contribution in [3.8, 4) is 22.8 Å². The first-order valence-corrected chi connectivity index (χ1v) is 8.17. The second kappa shape index (κ2) is 6.72. The monoisotopic (exact) mass is 343 g/mol. The molecule has 0 radical (unpaired) electrons. The predicted molar refractivity (Wildman–Crippen MR) is 104 cm³/mol. The molecule has 0 saturated carbocycles. The Balaban J connectivity index is 1.90. The Bertz CT molecular complexity index is 920. The molecule has 0 aliphatic carbocycles. The van der Waals surface area contributed by atoms with Gasteiger partial charge in [-0.25, -0.2) is 15.0 Å². The van der Waals surface area contributed by atoms with Crippen molar-refractivity contribution >= 4 is 24.1 Å². The van der Waals surface area contributed by atoms with Crippen molar-refractivity contribution in [2.75, 3.05) is 24.1 Å². The molecule has 0 aromatic carbocycles. The highest BCUT2D eigenvalue weighted by Crippen LogP contribution is 2.23. The van der Waals surface area contributed by atoms with E-state index < -0.39 is 0 Å². The summed E-state index contributed by atoms with van der Waals surface area (Å²) < 4.78 is 0. The van der Waals surface area contributed by atoms with Gasteiger partial charge in [0.25, 0.3) is 0 Å². The van der Waals surface area contributed by atoms with Crippen LogP contribution in [0.3, 0.4) is 0 Å². The molecule has 3 aromatic rings. The molecule has 0 saturated heterocycles. The van der Waals surface area contributed by atoms with Gasteiger partial charge in [-0.3, -0.25) is 10.0 Å². The minimum atomic E-state index is 0.723. The van der Waals surface area contributed by atoms with Gasteiger partial charge in [0, 0.05) is 14.1 Å². The number of fused-ring (bicyclic) bond motifs is 8. The first-order valence-electron chi connectivity index (χ1n) is 8.17. The van der Waals surface area contributed by atoms with Crippen LogP contribution in [0.4, 0.5) is 11.6 Å². The fourth-order valence-electron chi connectivity index (χ4n) is 2.59. The standard InChI is InChI=1S/C19H17N7/c1-25-18-10-4-8-16(23-18)14-6-3-7-15(22-14)17-9-5-11-19(24-17)26(2)21-13-12-20-25/h3-13H,1-2H3/b20-12-,21-13+. The molecule has 128 valence electrons. The van der Waals surface area contributed by atoms with Crippen LogP contribution in [0.2, 0.25) is 0 Å². The molecule has 0 spiro atoms. The van der Waals surface area contributed by atoms with E-state index in [0.717, 1.165) is 34.4 Å². The summed E-state index contributed by atoms with van der Waals surface area (Å²) in [4.78, 5) is 14.1. The van der Waals surface area contributed by atoms with E-state index in [9.17, 15) is 0 Å². The Morgan fingerprint density at radius 1 is 0.538 bits per heavy atom. The second-order valence-electron chi connectivity index (χ2n) is 5.75. The van der Waals surface area contributed by atoms with Gasteiger partial charge in [0.2, 0.25) is 0 Å². The van der Waals surface area contributed by atoms with Gasteiger partial charge < -0.3 is 0 Å². The van der Waals surface area contributed by atoms with E-state index in [0.29, 0.717) is 0 Å². The van der Waals surface area contributed by atoms with Crippen LogP contribution in [-0.4, -0.2) is 41.5 Å². The van der Waals surface area contributed by atoms with E-state index in [-0.39, 0.29) is 0 Å². The fourth-order valence-corrected chi connectivity index (χ4v) is 2.59. The third-order valence-corrected chi connectivity index (χ3v) is 3.95. The number of hydrogen-bond acceptors (Lipinski definition) is 7. The average molecular weight is 343 g/mol. The van der Waals surface area contributed by atoms with Crippen LogP contribution in [0.5, 0.6) is 0 Å². The van der Waals surface area contributed by atoms with E-state index in [1.165, 1.54) is 0 Å². The molecule has 0 atom stereocenters. The maximum absolute atomic E-state index is 4.74. The van der Waals surface area contributed by atoms with E-state index in [2.05, 4.69) is 20.2 Å². The van der Waals surface area contributed by atoms with Gasteiger partial charge in [-0.1, -0.05) is 18.2 Å². The summed E-state index contributed by atoms with van der Waals surface area (Å²) in [5.41, 5.74) is 3.13. The molecule has 3 aromatic heterocycles. The lowest BCUT2D eigenvalue weighted by atomic mass is 10.2. The Morgan fingerprint density at radius 3 is 1.38 bits per heavy atom. The van der Waals surface area contributed by atoms with Gasteiger partial charge in [-0.05, 0) is 36.4 Å². The van der Waals surface area contributed by atoms with E-state index in [1.54, 1.807) is 22.4 Å². The van der Waals surface area contributed by atoms with Gasteiger partial charge in [0.1, 0.15) is 11.6 Å². The minimum absolute atomic E-state index is 0.723. The molecule has 1 aliphatic heterocycles. The summed E-state index contributed by atoms with van der Waals surface area (Å²) in [6.45, 7) is 0. The largest absolute Gasteiger partial charge is 0.251 e. The lowest BCUT2D eigenvalue weighted by Gasteiger charge is -2.12. The maximum Gasteiger partial charge on any atom is 0.149 e. The van der Waals surface area contributed by atoms with Gasteiger partial charge in [0.15, 0.2) is 0 Å². The molecule has 7 nitrogen and oxygen atoms in total. The van der Waals surface area contributed by atoms with Crippen LogP contribution < -0.4 is 10.0 Å². The van der Waals surface area contributed by atoms with Crippen molar-refractivity contribution in [3.63, 3.8) is 0 Å². The van der Waals surface area contributed by atoms with E-state index >= 15 is 0 Å². The molecule has 0 N–H and O–H groups in total. The smallest absolute Gasteiger partial charge is 0.149 e. The topological polar surface area (TPSA) is 69.9 Å². The zero-order chi connectivity index (χ0) is 17.9. The summed E-state index contributed by atoms with van der Waals surface area (Å²) >= 11 is 0. The van der Waals surface area contributed by atoms with Crippen molar-refractivity contribution in [1.29, 1.82) is 0 Å². The maximum atomic E-state index is 4.74. The molecule has 1 aliphatic rings. The number of hydrazone groups is 2. The summed E-state index contributed by atoms with van der Waals surface area (Å²) in [5, 5.41) is 12.1. The first-order chi connectivity index (χ1) is 12.7. The first kappa shape index (κ1) is 15.9. The quantitative estimate of drug-likeness (QED) is 0.627. The number of anilines is 2. The molecule has 0 amide bonds. The Morgan fingerprint density at radius 2 is 0.923 bits per heavy atom. The molecule has 7 heteroatoms. The van der Waals surface area contributed by atoms with Crippen molar-refractivity contribution in [2.24, 2.45) is 10.2 Å². The van der Waals surface area contributed by atoms with Gasteiger partial charge in [-0.2, -0.15) is 10.2 Å². The summed E-state index contributed by atoms with van der Waals surface area (Å²) in [6, 6.07) is 17.4. The average Bonchev–Trinajstić information content (AvgIpc) is 2.70. The van der Waals surface area contributed by atoms with Gasteiger partial charge in [-0.15, -0.1) is 0 Å². The lowest BCUT2D eigenvalue weighted by Crippen LogP contribution is -2.12. The van der Waals surface area contributed by atoms with Crippen LogP contribution in [0, 0.1) is 0 Å². The molecule has 6 bridgehead atoms. The third kappa shape index (κ3) is 3.14. The second-order valence-corrected chi connectivity index (χ2v) is 5.75. The number of pyridine rings is 3. The van der Waals surface area contributed by atoms with Crippen LogP contribution >= 0.6 is 0 Å². The zero-order valence-corrected chi connectivity index (χ0v) is 14.5.